The number of carbonyl (C=O) groups excluding carboxylic acids is 1. The van der Waals surface area contributed by atoms with Crippen molar-refractivity contribution in [2.75, 3.05) is 18.0 Å². The number of fused-ring (bicyclic) bond motifs is 1. The number of anilines is 1. The van der Waals surface area contributed by atoms with Crippen molar-refractivity contribution in [2.45, 2.75) is 19.4 Å². The largest absolute Gasteiger partial charge is 0.353 e. The smallest absolute Gasteiger partial charge is 0.272 e. The average molecular weight is 404 g/mol. The van der Waals surface area contributed by atoms with Gasteiger partial charge in [0.2, 0.25) is 0 Å². The molecule has 3 aromatic heterocycles. The molecule has 0 spiro atoms. The standard InChI is InChI=1S/C22H21FN6O/c1-15-13-27-10-2-3-20(27)21(24-15)28-11-8-17(14-28)25-22(30)19-9-12-29(26-19)18-6-4-16(23)5-7-18/h2-7,9-10,12-13,17H,8,11,14H2,1H3,(H,25,30)/t17-/m0/s1. The maximum atomic E-state index is 13.1. The van der Waals surface area contributed by atoms with Crippen molar-refractivity contribution < 1.29 is 9.18 Å². The summed E-state index contributed by atoms with van der Waals surface area (Å²) in [6.45, 7) is 3.50. The summed E-state index contributed by atoms with van der Waals surface area (Å²) in [7, 11) is 0. The average Bonchev–Trinajstić information content (AvgIpc) is 3.48. The van der Waals surface area contributed by atoms with Crippen LogP contribution in [0.4, 0.5) is 10.2 Å². The Labute approximate surface area is 172 Å². The maximum Gasteiger partial charge on any atom is 0.272 e. The number of benzene rings is 1. The number of hydrogen-bond donors (Lipinski definition) is 1. The lowest BCUT2D eigenvalue weighted by atomic mass is 10.2. The molecule has 0 aliphatic carbocycles. The fourth-order valence-corrected chi connectivity index (χ4v) is 3.90. The number of aromatic nitrogens is 4. The van der Waals surface area contributed by atoms with Gasteiger partial charge in [0.1, 0.15) is 5.82 Å². The van der Waals surface area contributed by atoms with Crippen LogP contribution in [0, 0.1) is 12.7 Å². The molecule has 1 N–H and O–H groups in total. The second-order valence-corrected chi connectivity index (χ2v) is 7.53. The van der Waals surface area contributed by atoms with Crippen LogP contribution in [0.1, 0.15) is 22.6 Å². The molecule has 1 amide bonds. The van der Waals surface area contributed by atoms with Gasteiger partial charge in [-0.1, -0.05) is 0 Å². The molecule has 152 valence electrons. The van der Waals surface area contributed by atoms with E-state index in [9.17, 15) is 9.18 Å². The molecule has 1 atom stereocenters. The van der Waals surface area contributed by atoms with Crippen LogP contribution in [0.2, 0.25) is 0 Å². The van der Waals surface area contributed by atoms with Crippen LogP contribution in [0.15, 0.2) is 61.1 Å². The number of hydrogen-bond acceptors (Lipinski definition) is 4. The highest BCUT2D eigenvalue weighted by atomic mass is 19.1. The van der Waals surface area contributed by atoms with Crippen molar-refractivity contribution in [3.63, 3.8) is 0 Å². The number of nitrogens with one attached hydrogen (secondary N) is 1. The fourth-order valence-electron chi connectivity index (χ4n) is 3.90. The Bertz CT molecular complexity index is 1210. The highest BCUT2D eigenvalue weighted by molar-refractivity contribution is 5.92. The summed E-state index contributed by atoms with van der Waals surface area (Å²) in [6.07, 6.45) is 6.56. The van der Waals surface area contributed by atoms with Crippen molar-refractivity contribution >= 4 is 17.2 Å². The van der Waals surface area contributed by atoms with E-state index >= 15 is 0 Å². The first-order chi connectivity index (χ1) is 14.6. The molecule has 7 nitrogen and oxygen atoms in total. The number of rotatable bonds is 4. The summed E-state index contributed by atoms with van der Waals surface area (Å²) in [6, 6.07) is 11.7. The Morgan fingerprint density at radius 1 is 1.17 bits per heavy atom. The zero-order valence-electron chi connectivity index (χ0n) is 16.5. The van der Waals surface area contributed by atoms with Crippen LogP contribution < -0.4 is 10.2 Å². The van der Waals surface area contributed by atoms with E-state index in [0.717, 1.165) is 30.0 Å². The zero-order chi connectivity index (χ0) is 20.7. The number of halogens is 1. The molecule has 0 saturated carbocycles. The van der Waals surface area contributed by atoms with E-state index < -0.39 is 0 Å². The lowest BCUT2D eigenvalue weighted by Gasteiger charge is -2.19. The van der Waals surface area contributed by atoms with Gasteiger partial charge in [-0.15, -0.1) is 0 Å². The van der Waals surface area contributed by atoms with E-state index in [4.69, 9.17) is 4.98 Å². The molecule has 1 aliphatic heterocycles. The maximum absolute atomic E-state index is 13.1. The normalized spacial score (nSPS) is 16.3. The van der Waals surface area contributed by atoms with Gasteiger partial charge in [-0.05, 0) is 55.8 Å². The van der Waals surface area contributed by atoms with E-state index in [1.165, 1.54) is 12.1 Å². The number of nitrogens with zero attached hydrogens (tertiary/aromatic N) is 5. The molecule has 5 rings (SSSR count). The molecule has 4 heterocycles. The second kappa shape index (κ2) is 7.29. The summed E-state index contributed by atoms with van der Waals surface area (Å²) < 4.78 is 16.7. The molecule has 30 heavy (non-hydrogen) atoms. The summed E-state index contributed by atoms with van der Waals surface area (Å²) in [5, 5.41) is 7.40. The van der Waals surface area contributed by atoms with Gasteiger partial charge in [-0.3, -0.25) is 4.79 Å². The summed E-state index contributed by atoms with van der Waals surface area (Å²) in [5.41, 5.74) is 3.04. The predicted octanol–water partition coefficient (Wildman–Crippen LogP) is 2.98. The number of carbonyl (C=O) groups is 1. The monoisotopic (exact) mass is 404 g/mol. The molecule has 8 heteroatoms. The van der Waals surface area contributed by atoms with Crippen molar-refractivity contribution in [1.29, 1.82) is 0 Å². The van der Waals surface area contributed by atoms with Crippen LogP contribution in [-0.4, -0.2) is 44.2 Å². The SMILES string of the molecule is Cc1cn2cccc2c(N2CC[C@H](NC(=O)c3ccn(-c4ccc(F)cc4)n3)C2)n1. The molecule has 0 unspecified atom stereocenters. The first-order valence-electron chi connectivity index (χ1n) is 9.88. The van der Waals surface area contributed by atoms with Gasteiger partial charge in [-0.2, -0.15) is 5.10 Å². The van der Waals surface area contributed by atoms with Crippen LogP contribution in [0.5, 0.6) is 0 Å². The van der Waals surface area contributed by atoms with E-state index in [2.05, 4.69) is 25.8 Å². The first-order valence-corrected chi connectivity index (χ1v) is 9.88. The van der Waals surface area contributed by atoms with Crippen molar-refractivity contribution in [3.05, 3.63) is 78.3 Å². The number of aryl methyl sites for hydroxylation is 1. The molecule has 1 aliphatic rings. The summed E-state index contributed by atoms with van der Waals surface area (Å²) in [5.74, 6) is 0.417. The highest BCUT2D eigenvalue weighted by Gasteiger charge is 2.27. The van der Waals surface area contributed by atoms with Gasteiger partial charge in [-0.25, -0.2) is 14.1 Å². The van der Waals surface area contributed by atoms with Crippen molar-refractivity contribution in [3.8, 4) is 5.69 Å². The zero-order valence-corrected chi connectivity index (χ0v) is 16.5. The van der Waals surface area contributed by atoms with Gasteiger partial charge in [0.15, 0.2) is 11.5 Å². The van der Waals surface area contributed by atoms with Crippen molar-refractivity contribution in [1.82, 2.24) is 24.5 Å². The minimum absolute atomic E-state index is 0.0193. The van der Waals surface area contributed by atoms with Gasteiger partial charge in [0.05, 0.1) is 16.9 Å². The van der Waals surface area contributed by atoms with E-state index in [1.54, 1.807) is 29.1 Å². The Kier molecular flexibility index (Phi) is 4.46. The molecule has 1 aromatic carbocycles. The minimum atomic E-state index is -0.310. The fraction of sp³-hybridized carbons (Fsp3) is 0.227. The molecule has 1 saturated heterocycles. The van der Waals surface area contributed by atoms with Gasteiger partial charge >= 0.3 is 0 Å². The molecular weight excluding hydrogens is 383 g/mol. The van der Waals surface area contributed by atoms with Gasteiger partial charge in [0.25, 0.3) is 5.91 Å². The molecule has 1 fully saturated rings. The van der Waals surface area contributed by atoms with Crippen molar-refractivity contribution in [2.24, 2.45) is 0 Å². The second-order valence-electron chi connectivity index (χ2n) is 7.53. The third kappa shape index (κ3) is 3.41. The van der Waals surface area contributed by atoms with Crippen LogP contribution >= 0.6 is 0 Å². The Morgan fingerprint density at radius 3 is 2.83 bits per heavy atom. The quantitative estimate of drug-likeness (QED) is 0.568. The Morgan fingerprint density at radius 2 is 2.00 bits per heavy atom. The lowest BCUT2D eigenvalue weighted by Crippen LogP contribution is -2.37. The lowest BCUT2D eigenvalue weighted by molar-refractivity contribution is 0.0935. The predicted molar refractivity (Wildman–Crippen MR) is 112 cm³/mol. The van der Waals surface area contributed by atoms with Gasteiger partial charge < -0.3 is 14.6 Å². The van der Waals surface area contributed by atoms with E-state index in [1.807, 2.05) is 25.4 Å². The first kappa shape index (κ1) is 18.4. The molecule has 0 radical (unpaired) electrons. The third-order valence-corrected chi connectivity index (χ3v) is 5.35. The van der Waals surface area contributed by atoms with E-state index in [-0.39, 0.29) is 17.8 Å². The number of amides is 1. The topological polar surface area (TPSA) is 67.5 Å². The van der Waals surface area contributed by atoms with Crippen LogP contribution in [0.3, 0.4) is 0 Å². The Balaban J connectivity index is 1.27. The van der Waals surface area contributed by atoms with Crippen LogP contribution in [-0.2, 0) is 0 Å². The van der Waals surface area contributed by atoms with E-state index in [0.29, 0.717) is 17.9 Å². The molecule has 4 aromatic rings. The Hall–Kier alpha value is -3.68. The van der Waals surface area contributed by atoms with Gasteiger partial charge in [0, 0.05) is 37.7 Å². The van der Waals surface area contributed by atoms with Crippen LogP contribution in [0.25, 0.3) is 11.2 Å². The minimum Gasteiger partial charge on any atom is -0.353 e. The summed E-state index contributed by atoms with van der Waals surface area (Å²) in [4.78, 5) is 19.6. The molecular formula is C22H21FN6O. The third-order valence-electron chi connectivity index (χ3n) is 5.35. The summed E-state index contributed by atoms with van der Waals surface area (Å²) >= 11 is 0. The highest BCUT2D eigenvalue weighted by Crippen LogP contribution is 2.24. The molecule has 0 bridgehead atoms.